The summed E-state index contributed by atoms with van der Waals surface area (Å²) in [5, 5.41) is 4.65. The molecule has 1 aromatic heterocycles. The molecule has 4 nitrogen and oxygen atoms in total. The molecular formula is C27H37N3OS. The fraction of sp³-hybridized carbons (Fsp3) is 0.704. The van der Waals surface area contributed by atoms with Gasteiger partial charge in [0.25, 0.3) is 0 Å². The summed E-state index contributed by atoms with van der Waals surface area (Å²) in [5.41, 5.74) is 4.09. The normalized spacial score (nSPS) is 33.1. The highest BCUT2D eigenvalue weighted by atomic mass is 32.1. The largest absolute Gasteiger partial charge is 0.353 e. The number of rotatable bonds is 4. The smallest absolute Gasteiger partial charge is 0.223 e. The van der Waals surface area contributed by atoms with Crippen LogP contribution in [0.2, 0.25) is 0 Å². The Labute approximate surface area is 196 Å². The molecule has 2 aromatic rings. The van der Waals surface area contributed by atoms with E-state index in [1.54, 1.807) is 11.3 Å². The first-order valence-corrected chi connectivity index (χ1v) is 13.6. The van der Waals surface area contributed by atoms with E-state index in [1.807, 2.05) is 0 Å². The van der Waals surface area contributed by atoms with Crippen molar-refractivity contribution in [1.29, 1.82) is 0 Å². The molecule has 1 N–H and O–H groups in total. The number of aromatic nitrogens is 1. The van der Waals surface area contributed by atoms with Gasteiger partial charge in [0.2, 0.25) is 5.91 Å². The molecular weight excluding hydrogens is 414 g/mol. The monoisotopic (exact) mass is 451 g/mol. The minimum Gasteiger partial charge on any atom is -0.353 e. The van der Waals surface area contributed by atoms with Crippen LogP contribution in [0.25, 0.3) is 10.2 Å². The standard InChI is InChI=1S/C27H37N3OS/c1-16-8-17(2)24-23(9-16)32-26(29-24)30-6-4-22(5-7-30)25(31)28-18(3)27-13-19-10-20(14-27)12-21(11-19)15-27/h8-9,18-22H,4-7,10-15H2,1-3H3,(H,28,31)/t18-,19?,20?,21?,27?/m1/s1. The van der Waals surface area contributed by atoms with Gasteiger partial charge in [0.05, 0.1) is 10.2 Å². The predicted octanol–water partition coefficient (Wildman–Crippen LogP) is 5.85. The van der Waals surface area contributed by atoms with Gasteiger partial charge >= 0.3 is 0 Å². The molecule has 5 heteroatoms. The SMILES string of the molecule is Cc1cc(C)c2nc(N3CCC(C(=O)N[C@H](C)C45CC6CC(CC(C6)C4)C5)CC3)sc2c1. The van der Waals surface area contributed by atoms with Gasteiger partial charge in [0.15, 0.2) is 5.13 Å². The van der Waals surface area contributed by atoms with Crippen LogP contribution in [0.5, 0.6) is 0 Å². The molecule has 4 saturated carbocycles. The van der Waals surface area contributed by atoms with Crippen molar-refractivity contribution >= 4 is 32.6 Å². The van der Waals surface area contributed by atoms with E-state index in [2.05, 4.69) is 43.1 Å². The number of nitrogens with one attached hydrogen (secondary N) is 1. The molecule has 2 heterocycles. The van der Waals surface area contributed by atoms with Crippen LogP contribution in [0.1, 0.15) is 69.4 Å². The fourth-order valence-electron chi connectivity index (χ4n) is 8.02. The van der Waals surface area contributed by atoms with E-state index in [1.165, 1.54) is 54.4 Å². The van der Waals surface area contributed by atoms with Gasteiger partial charge in [0.1, 0.15) is 0 Å². The highest BCUT2D eigenvalue weighted by molar-refractivity contribution is 7.22. The predicted molar refractivity (Wildman–Crippen MR) is 132 cm³/mol. The molecule has 1 aliphatic heterocycles. The molecule has 1 atom stereocenters. The molecule has 1 saturated heterocycles. The summed E-state index contributed by atoms with van der Waals surface area (Å²) >= 11 is 1.80. The third-order valence-corrected chi connectivity index (χ3v) is 10.4. The number of nitrogens with zero attached hydrogens (tertiary/aromatic N) is 2. The number of anilines is 1. The summed E-state index contributed by atoms with van der Waals surface area (Å²) in [7, 11) is 0. The van der Waals surface area contributed by atoms with Crippen LogP contribution in [0, 0.1) is 42.9 Å². The first-order valence-electron chi connectivity index (χ1n) is 12.8. The van der Waals surface area contributed by atoms with Gasteiger partial charge in [0, 0.05) is 25.0 Å². The number of piperidine rings is 1. The zero-order chi connectivity index (χ0) is 22.0. The fourth-order valence-corrected chi connectivity index (χ4v) is 9.21. The Kier molecular flexibility index (Phi) is 5.05. The Morgan fingerprint density at radius 3 is 2.34 bits per heavy atom. The second-order valence-electron chi connectivity index (χ2n) is 11.7. The second-order valence-corrected chi connectivity index (χ2v) is 12.7. The average molecular weight is 452 g/mol. The van der Waals surface area contributed by atoms with Crippen LogP contribution in [-0.2, 0) is 4.79 Å². The summed E-state index contributed by atoms with van der Waals surface area (Å²) in [4.78, 5) is 20.6. The molecule has 7 rings (SSSR count). The third kappa shape index (κ3) is 3.55. The Bertz CT molecular complexity index is 1000. The van der Waals surface area contributed by atoms with Crippen molar-refractivity contribution in [3.8, 4) is 0 Å². The highest BCUT2D eigenvalue weighted by Gasteiger charge is 2.53. The zero-order valence-electron chi connectivity index (χ0n) is 19.8. The van der Waals surface area contributed by atoms with E-state index >= 15 is 0 Å². The second kappa shape index (κ2) is 7.72. The van der Waals surface area contributed by atoms with Gasteiger partial charge < -0.3 is 10.2 Å². The van der Waals surface area contributed by atoms with E-state index in [0.717, 1.165) is 54.3 Å². The molecule has 0 spiro atoms. The van der Waals surface area contributed by atoms with Crippen LogP contribution >= 0.6 is 11.3 Å². The minimum absolute atomic E-state index is 0.154. The number of benzene rings is 1. The van der Waals surface area contributed by atoms with E-state index < -0.39 is 0 Å². The first kappa shape index (κ1) is 20.9. The number of hydrogen-bond acceptors (Lipinski definition) is 4. The Morgan fingerprint density at radius 1 is 1.09 bits per heavy atom. The van der Waals surface area contributed by atoms with Crippen molar-refractivity contribution in [2.75, 3.05) is 18.0 Å². The number of aryl methyl sites for hydroxylation is 2. The van der Waals surface area contributed by atoms with Gasteiger partial charge in [-0.25, -0.2) is 4.98 Å². The summed E-state index contributed by atoms with van der Waals surface area (Å²) in [6.45, 7) is 8.48. The number of hydrogen-bond donors (Lipinski definition) is 1. The van der Waals surface area contributed by atoms with Crippen molar-refractivity contribution in [2.45, 2.75) is 78.2 Å². The molecule has 0 unspecified atom stereocenters. The maximum absolute atomic E-state index is 13.2. The number of carbonyl (C=O) groups is 1. The summed E-state index contributed by atoms with van der Waals surface area (Å²) in [6.07, 6.45) is 10.3. The van der Waals surface area contributed by atoms with Gasteiger partial charge in [-0.3, -0.25) is 4.79 Å². The topological polar surface area (TPSA) is 45.2 Å². The van der Waals surface area contributed by atoms with E-state index in [4.69, 9.17) is 4.98 Å². The Hall–Kier alpha value is -1.62. The van der Waals surface area contributed by atoms with Crippen molar-refractivity contribution in [3.63, 3.8) is 0 Å². The van der Waals surface area contributed by atoms with Crippen molar-refractivity contribution in [1.82, 2.24) is 10.3 Å². The van der Waals surface area contributed by atoms with Gasteiger partial charge in [-0.05, 0) is 112 Å². The summed E-state index contributed by atoms with van der Waals surface area (Å²) in [5.74, 6) is 3.27. The lowest BCUT2D eigenvalue weighted by Crippen LogP contribution is -2.56. The molecule has 4 bridgehead atoms. The maximum Gasteiger partial charge on any atom is 0.223 e. The van der Waals surface area contributed by atoms with Crippen molar-refractivity contribution < 1.29 is 4.79 Å². The lowest BCUT2D eigenvalue weighted by molar-refractivity contribution is -0.130. The summed E-state index contributed by atoms with van der Waals surface area (Å²) < 4.78 is 1.28. The molecule has 5 fully saturated rings. The minimum atomic E-state index is 0.154. The summed E-state index contributed by atoms with van der Waals surface area (Å²) in [6, 6.07) is 4.79. The van der Waals surface area contributed by atoms with Crippen molar-refractivity contribution in [3.05, 3.63) is 23.3 Å². The quantitative estimate of drug-likeness (QED) is 0.634. The Morgan fingerprint density at radius 2 is 1.72 bits per heavy atom. The van der Waals surface area contributed by atoms with Gasteiger partial charge in [-0.15, -0.1) is 0 Å². The van der Waals surface area contributed by atoms with Gasteiger partial charge in [-0.2, -0.15) is 0 Å². The van der Waals surface area contributed by atoms with Crippen LogP contribution in [0.15, 0.2) is 12.1 Å². The van der Waals surface area contributed by atoms with Gasteiger partial charge in [-0.1, -0.05) is 17.4 Å². The third-order valence-electron chi connectivity index (χ3n) is 9.32. The molecule has 5 aliphatic rings. The molecule has 4 aliphatic carbocycles. The first-order chi connectivity index (χ1) is 15.4. The van der Waals surface area contributed by atoms with Crippen LogP contribution < -0.4 is 10.2 Å². The molecule has 172 valence electrons. The maximum atomic E-state index is 13.2. The lowest BCUT2D eigenvalue weighted by atomic mass is 9.48. The van der Waals surface area contributed by atoms with E-state index in [0.29, 0.717) is 17.4 Å². The molecule has 1 aromatic carbocycles. The number of fused-ring (bicyclic) bond motifs is 1. The van der Waals surface area contributed by atoms with E-state index in [9.17, 15) is 4.79 Å². The van der Waals surface area contributed by atoms with E-state index in [-0.39, 0.29) is 5.92 Å². The zero-order valence-corrected chi connectivity index (χ0v) is 20.6. The molecule has 0 radical (unpaired) electrons. The number of thiazole rings is 1. The Balaban J connectivity index is 1.08. The molecule has 1 amide bonds. The highest BCUT2D eigenvalue weighted by Crippen LogP contribution is 2.61. The van der Waals surface area contributed by atoms with Crippen molar-refractivity contribution in [2.24, 2.45) is 29.1 Å². The number of amides is 1. The van der Waals surface area contributed by atoms with Crippen LogP contribution in [0.4, 0.5) is 5.13 Å². The average Bonchev–Trinajstić information content (AvgIpc) is 3.17. The number of carbonyl (C=O) groups excluding carboxylic acids is 1. The molecule has 32 heavy (non-hydrogen) atoms. The lowest BCUT2D eigenvalue weighted by Gasteiger charge is -2.59. The van der Waals surface area contributed by atoms with Crippen LogP contribution in [-0.4, -0.2) is 30.0 Å². The van der Waals surface area contributed by atoms with Crippen LogP contribution in [0.3, 0.4) is 0 Å².